The molecular weight excluding hydrogens is 258 g/mol. The van der Waals surface area contributed by atoms with E-state index in [9.17, 15) is 0 Å². The first-order chi connectivity index (χ1) is 9.04. The van der Waals surface area contributed by atoms with Gasteiger partial charge in [-0.25, -0.2) is 0 Å². The maximum absolute atomic E-state index is 5.91. The second-order valence-electron chi connectivity index (χ2n) is 5.73. The van der Waals surface area contributed by atoms with Crippen molar-refractivity contribution in [2.75, 3.05) is 13.1 Å². The summed E-state index contributed by atoms with van der Waals surface area (Å²) in [6, 6.07) is 8.80. The van der Waals surface area contributed by atoms with Crippen LogP contribution >= 0.6 is 11.6 Å². The summed E-state index contributed by atoms with van der Waals surface area (Å²) in [6.07, 6.45) is 2.99. The van der Waals surface area contributed by atoms with Crippen molar-refractivity contribution in [3.8, 4) is 0 Å². The van der Waals surface area contributed by atoms with Crippen LogP contribution in [-0.4, -0.2) is 36.2 Å². The second kappa shape index (κ2) is 6.74. The summed E-state index contributed by atoms with van der Waals surface area (Å²) in [6.45, 7) is 8.74. The number of rotatable bonds is 4. The van der Waals surface area contributed by atoms with Crippen LogP contribution in [0.15, 0.2) is 24.3 Å². The highest BCUT2D eigenvalue weighted by Crippen LogP contribution is 2.17. The largest absolute Gasteiger partial charge is 0.373 e. The topological polar surface area (TPSA) is 12.5 Å². The molecule has 0 bridgehead atoms. The Morgan fingerprint density at radius 3 is 2.37 bits per heavy atom. The van der Waals surface area contributed by atoms with E-state index in [2.05, 4.69) is 37.8 Å². The molecule has 0 saturated carbocycles. The van der Waals surface area contributed by atoms with Gasteiger partial charge in [-0.1, -0.05) is 23.7 Å². The number of hydrogen-bond donors (Lipinski definition) is 0. The molecule has 19 heavy (non-hydrogen) atoms. The summed E-state index contributed by atoms with van der Waals surface area (Å²) in [5.41, 5.74) is 1.37. The molecule has 3 atom stereocenters. The second-order valence-corrected chi connectivity index (χ2v) is 6.16. The Morgan fingerprint density at radius 1 is 1.21 bits per heavy atom. The van der Waals surface area contributed by atoms with Crippen LogP contribution in [0.1, 0.15) is 32.8 Å². The van der Waals surface area contributed by atoms with Crippen LogP contribution in [0.3, 0.4) is 0 Å². The van der Waals surface area contributed by atoms with Crippen molar-refractivity contribution in [2.45, 2.75) is 51.9 Å². The van der Waals surface area contributed by atoms with E-state index in [0.29, 0.717) is 18.2 Å². The first-order valence-corrected chi connectivity index (χ1v) is 7.56. The number of halogens is 1. The summed E-state index contributed by atoms with van der Waals surface area (Å²) >= 11 is 5.91. The summed E-state index contributed by atoms with van der Waals surface area (Å²) in [7, 11) is 0. The first kappa shape index (κ1) is 14.8. The van der Waals surface area contributed by atoms with Crippen LogP contribution in [0.5, 0.6) is 0 Å². The van der Waals surface area contributed by atoms with Gasteiger partial charge in [0, 0.05) is 24.2 Å². The minimum absolute atomic E-state index is 0.349. The van der Waals surface area contributed by atoms with Gasteiger partial charge in [0.2, 0.25) is 0 Å². The van der Waals surface area contributed by atoms with Gasteiger partial charge in [0.15, 0.2) is 0 Å². The highest BCUT2D eigenvalue weighted by atomic mass is 35.5. The molecule has 106 valence electrons. The quantitative estimate of drug-likeness (QED) is 0.833. The Bertz CT molecular complexity index is 382. The number of aryl methyl sites for hydroxylation is 1. The third-order valence-electron chi connectivity index (χ3n) is 3.84. The highest BCUT2D eigenvalue weighted by molar-refractivity contribution is 6.30. The molecule has 0 aliphatic carbocycles. The minimum atomic E-state index is 0.349. The van der Waals surface area contributed by atoms with Gasteiger partial charge >= 0.3 is 0 Å². The Morgan fingerprint density at radius 2 is 1.79 bits per heavy atom. The van der Waals surface area contributed by atoms with Gasteiger partial charge in [-0.3, -0.25) is 4.90 Å². The van der Waals surface area contributed by atoms with Crippen molar-refractivity contribution in [2.24, 2.45) is 0 Å². The third-order valence-corrected chi connectivity index (χ3v) is 4.09. The standard InChI is InChI=1S/C16H24ClNO/c1-12(18-10-13(2)19-14(3)11-18)4-5-15-6-8-16(17)9-7-15/h6-9,12-14H,4-5,10-11H2,1-3H3. The predicted octanol–water partition coefficient (Wildman–Crippen LogP) is 3.77. The minimum Gasteiger partial charge on any atom is -0.373 e. The van der Waals surface area contributed by atoms with Gasteiger partial charge in [-0.15, -0.1) is 0 Å². The van der Waals surface area contributed by atoms with E-state index >= 15 is 0 Å². The molecule has 2 rings (SSSR count). The van der Waals surface area contributed by atoms with E-state index in [1.54, 1.807) is 0 Å². The molecule has 3 unspecified atom stereocenters. The lowest BCUT2D eigenvalue weighted by atomic mass is 10.0. The van der Waals surface area contributed by atoms with E-state index in [0.717, 1.165) is 24.5 Å². The van der Waals surface area contributed by atoms with Crippen molar-refractivity contribution >= 4 is 11.6 Å². The zero-order chi connectivity index (χ0) is 13.8. The Hall–Kier alpha value is -0.570. The van der Waals surface area contributed by atoms with Crippen molar-refractivity contribution in [3.05, 3.63) is 34.9 Å². The van der Waals surface area contributed by atoms with Crippen molar-refractivity contribution < 1.29 is 4.74 Å². The molecule has 1 aromatic rings. The predicted molar refractivity (Wildman–Crippen MR) is 80.8 cm³/mol. The maximum atomic E-state index is 5.91. The van der Waals surface area contributed by atoms with Crippen LogP contribution in [0.25, 0.3) is 0 Å². The van der Waals surface area contributed by atoms with Gasteiger partial charge in [0.05, 0.1) is 12.2 Å². The smallest absolute Gasteiger partial charge is 0.0678 e. The van der Waals surface area contributed by atoms with Crippen LogP contribution in [0.4, 0.5) is 0 Å². The van der Waals surface area contributed by atoms with E-state index in [1.807, 2.05) is 12.1 Å². The highest BCUT2D eigenvalue weighted by Gasteiger charge is 2.25. The van der Waals surface area contributed by atoms with Crippen LogP contribution in [-0.2, 0) is 11.2 Å². The Balaban J connectivity index is 1.83. The molecule has 0 aromatic heterocycles. The van der Waals surface area contributed by atoms with Crippen molar-refractivity contribution in [1.29, 1.82) is 0 Å². The number of ether oxygens (including phenoxy) is 1. The number of nitrogens with zero attached hydrogens (tertiary/aromatic N) is 1. The van der Waals surface area contributed by atoms with Gasteiger partial charge in [0.1, 0.15) is 0 Å². The fourth-order valence-electron chi connectivity index (χ4n) is 2.79. The lowest BCUT2D eigenvalue weighted by Crippen LogP contribution is -2.49. The molecule has 1 aliphatic heterocycles. The Kier molecular flexibility index (Phi) is 5.26. The molecule has 0 spiro atoms. The monoisotopic (exact) mass is 281 g/mol. The van der Waals surface area contributed by atoms with Gasteiger partial charge in [-0.05, 0) is 51.3 Å². The average molecular weight is 282 g/mol. The fraction of sp³-hybridized carbons (Fsp3) is 0.625. The number of morpholine rings is 1. The molecule has 2 nitrogen and oxygen atoms in total. The third kappa shape index (κ3) is 4.48. The number of benzene rings is 1. The van der Waals surface area contributed by atoms with Crippen LogP contribution in [0.2, 0.25) is 5.02 Å². The molecular formula is C16H24ClNO. The van der Waals surface area contributed by atoms with Gasteiger partial charge in [-0.2, -0.15) is 0 Å². The molecule has 1 aliphatic rings. The summed E-state index contributed by atoms with van der Waals surface area (Å²) in [5.74, 6) is 0. The number of hydrogen-bond acceptors (Lipinski definition) is 2. The molecule has 1 fully saturated rings. The van der Waals surface area contributed by atoms with Gasteiger partial charge < -0.3 is 4.74 Å². The zero-order valence-electron chi connectivity index (χ0n) is 12.1. The molecule has 1 heterocycles. The normalized spacial score (nSPS) is 26.3. The first-order valence-electron chi connectivity index (χ1n) is 7.18. The molecule has 1 saturated heterocycles. The van der Waals surface area contributed by atoms with E-state index in [4.69, 9.17) is 16.3 Å². The lowest BCUT2D eigenvalue weighted by Gasteiger charge is -2.39. The maximum Gasteiger partial charge on any atom is 0.0678 e. The zero-order valence-corrected chi connectivity index (χ0v) is 12.9. The fourth-order valence-corrected chi connectivity index (χ4v) is 2.91. The van der Waals surface area contributed by atoms with E-state index in [-0.39, 0.29) is 0 Å². The molecule has 3 heteroatoms. The van der Waals surface area contributed by atoms with Crippen LogP contribution < -0.4 is 0 Å². The Labute approximate surface area is 121 Å². The average Bonchev–Trinajstić information content (AvgIpc) is 2.36. The summed E-state index contributed by atoms with van der Waals surface area (Å²) in [4.78, 5) is 2.55. The van der Waals surface area contributed by atoms with Crippen LogP contribution in [0, 0.1) is 0 Å². The lowest BCUT2D eigenvalue weighted by molar-refractivity contribution is -0.0790. The summed E-state index contributed by atoms with van der Waals surface area (Å²) < 4.78 is 5.79. The SMILES string of the molecule is CC1CN(C(C)CCc2ccc(Cl)cc2)CC(C)O1. The van der Waals surface area contributed by atoms with Crippen molar-refractivity contribution in [1.82, 2.24) is 4.90 Å². The van der Waals surface area contributed by atoms with Gasteiger partial charge in [0.25, 0.3) is 0 Å². The van der Waals surface area contributed by atoms with E-state index in [1.165, 1.54) is 12.0 Å². The molecule has 0 N–H and O–H groups in total. The summed E-state index contributed by atoms with van der Waals surface area (Å²) in [5, 5.41) is 0.813. The van der Waals surface area contributed by atoms with E-state index < -0.39 is 0 Å². The molecule has 0 radical (unpaired) electrons. The van der Waals surface area contributed by atoms with Crippen molar-refractivity contribution in [3.63, 3.8) is 0 Å². The molecule has 1 aromatic carbocycles. The molecule has 0 amide bonds.